The molecule has 0 aliphatic rings. The highest BCUT2D eigenvalue weighted by molar-refractivity contribution is 6.12. The number of aryl methyl sites for hydroxylation is 1. The van der Waals surface area contributed by atoms with Crippen LogP contribution in [-0.2, 0) is 0 Å². The number of fused-ring (bicyclic) bond motifs is 1. The first kappa shape index (κ1) is 18.5. The van der Waals surface area contributed by atoms with Crippen LogP contribution in [0, 0.1) is 6.92 Å². The topological polar surface area (TPSA) is 60.5 Å². The number of pyridine rings is 1. The number of ether oxygens (including phenoxy) is 2. The van der Waals surface area contributed by atoms with Gasteiger partial charge in [0.25, 0.3) is 5.91 Å². The summed E-state index contributed by atoms with van der Waals surface area (Å²) in [5.41, 5.74) is 3.02. The van der Waals surface area contributed by atoms with Crippen molar-refractivity contribution in [3.8, 4) is 17.4 Å². The Morgan fingerprint density at radius 1 is 0.897 bits per heavy atom. The van der Waals surface area contributed by atoms with Crippen LogP contribution < -0.4 is 14.8 Å². The van der Waals surface area contributed by atoms with Gasteiger partial charge in [-0.1, -0.05) is 48.0 Å². The zero-order chi connectivity index (χ0) is 20.2. The van der Waals surface area contributed by atoms with Gasteiger partial charge in [-0.3, -0.25) is 4.79 Å². The summed E-state index contributed by atoms with van der Waals surface area (Å²) in [5.74, 6) is 1.22. The summed E-state index contributed by atoms with van der Waals surface area (Å²) in [7, 11) is 1.58. The lowest BCUT2D eigenvalue weighted by Crippen LogP contribution is -2.13. The molecule has 0 fully saturated rings. The van der Waals surface area contributed by atoms with Crippen LogP contribution in [-0.4, -0.2) is 18.0 Å². The summed E-state index contributed by atoms with van der Waals surface area (Å²) in [4.78, 5) is 17.6. The number of benzene rings is 3. The zero-order valence-electron chi connectivity index (χ0n) is 16.2. The highest BCUT2D eigenvalue weighted by atomic mass is 16.5. The number of amides is 1. The molecule has 3 aromatic carbocycles. The maximum absolute atomic E-state index is 13.0. The van der Waals surface area contributed by atoms with Gasteiger partial charge in [0.1, 0.15) is 0 Å². The van der Waals surface area contributed by atoms with Crippen molar-refractivity contribution in [2.75, 3.05) is 12.4 Å². The summed E-state index contributed by atoms with van der Waals surface area (Å²) in [6, 6.07) is 24.1. The molecule has 29 heavy (non-hydrogen) atoms. The van der Waals surface area contributed by atoms with E-state index in [2.05, 4.69) is 10.3 Å². The van der Waals surface area contributed by atoms with Crippen LogP contribution in [0.25, 0.3) is 10.9 Å². The molecule has 0 spiro atoms. The molecule has 1 aromatic heterocycles. The zero-order valence-corrected chi connectivity index (χ0v) is 16.2. The minimum Gasteiger partial charge on any atom is -0.493 e. The van der Waals surface area contributed by atoms with E-state index in [0.717, 1.165) is 16.6 Å². The van der Waals surface area contributed by atoms with Crippen LogP contribution in [0.1, 0.15) is 15.9 Å². The van der Waals surface area contributed by atoms with Gasteiger partial charge in [-0.15, -0.1) is 0 Å². The molecule has 0 aliphatic heterocycles. The number of carbonyl (C=O) groups is 1. The number of aromatic nitrogens is 1. The Morgan fingerprint density at radius 2 is 1.59 bits per heavy atom. The standard InChI is InChI=1S/C24H20N2O3/c1-16-11-13-17(14-12-16)25-24(27)19-15-23(26-20-8-4-3-7-18(19)20)29-22-10-6-5-9-21(22)28-2/h3-15H,1-2H3,(H,25,27). The van der Waals surface area contributed by atoms with Crippen LogP contribution in [0.3, 0.4) is 0 Å². The Labute approximate surface area is 168 Å². The van der Waals surface area contributed by atoms with E-state index in [9.17, 15) is 4.79 Å². The van der Waals surface area contributed by atoms with Gasteiger partial charge >= 0.3 is 0 Å². The van der Waals surface area contributed by atoms with Crippen molar-refractivity contribution in [1.29, 1.82) is 0 Å². The molecule has 5 heteroatoms. The lowest BCUT2D eigenvalue weighted by Gasteiger charge is -2.13. The van der Waals surface area contributed by atoms with Crippen molar-refractivity contribution in [3.63, 3.8) is 0 Å². The smallest absolute Gasteiger partial charge is 0.256 e. The molecule has 0 saturated heterocycles. The van der Waals surface area contributed by atoms with E-state index in [1.165, 1.54) is 0 Å². The number of carbonyl (C=O) groups excluding carboxylic acids is 1. The van der Waals surface area contributed by atoms with Crippen molar-refractivity contribution >= 4 is 22.5 Å². The average molecular weight is 384 g/mol. The van der Waals surface area contributed by atoms with Crippen molar-refractivity contribution in [1.82, 2.24) is 4.98 Å². The lowest BCUT2D eigenvalue weighted by atomic mass is 10.1. The first-order valence-electron chi connectivity index (χ1n) is 9.23. The van der Waals surface area contributed by atoms with Crippen molar-refractivity contribution < 1.29 is 14.3 Å². The molecule has 5 nitrogen and oxygen atoms in total. The van der Waals surface area contributed by atoms with Crippen LogP contribution in [0.4, 0.5) is 5.69 Å². The number of para-hydroxylation sites is 3. The first-order chi connectivity index (χ1) is 14.1. The minimum absolute atomic E-state index is 0.225. The summed E-state index contributed by atoms with van der Waals surface area (Å²) in [6.07, 6.45) is 0. The molecule has 4 aromatic rings. The molecule has 4 rings (SSSR count). The van der Waals surface area contributed by atoms with Crippen LogP contribution >= 0.6 is 0 Å². The molecule has 0 bridgehead atoms. The second-order valence-corrected chi connectivity index (χ2v) is 6.60. The summed E-state index contributed by atoms with van der Waals surface area (Å²) >= 11 is 0. The average Bonchev–Trinajstić information content (AvgIpc) is 2.75. The van der Waals surface area contributed by atoms with Gasteiger partial charge in [0.2, 0.25) is 5.88 Å². The molecule has 1 N–H and O–H groups in total. The number of anilines is 1. The molecule has 0 unspecified atom stereocenters. The molecular weight excluding hydrogens is 364 g/mol. The van der Waals surface area contributed by atoms with E-state index in [4.69, 9.17) is 9.47 Å². The van der Waals surface area contributed by atoms with Gasteiger partial charge in [-0.05, 0) is 37.3 Å². The molecule has 144 valence electrons. The Balaban J connectivity index is 1.72. The Kier molecular flexibility index (Phi) is 5.12. The van der Waals surface area contributed by atoms with E-state index >= 15 is 0 Å². The van der Waals surface area contributed by atoms with Crippen LogP contribution in [0.5, 0.6) is 17.4 Å². The second-order valence-electron chi connectivity index (χ2n) is 6.60. The number of nitrogens with zero attached hydrogens (tertiary/aromatic N) is 1. The molecule has 1 heterocycles. The fourth-order valence-corrected chi connectivity index (χ4v) is 3.04. The predicted octanol–water partition coefficient (Wildman–Crippen LogP) is 5.60. The maximum atomic E-state index is 13.0. The first-order valence-corrected chi connectivity index (χ1v) is 9.23. The third kappa shape index (κ3) is 4.04. The van der Waals surface area contributed by atoms with Gasteiger partial charge in [0.15, 0.2) is 11.5 Å². The summed E-state index contributed by atoms with van der Waals surface area (Å²) in [5, 5.41) is 3.70. The van der Waals surface area contributed by atoms with E-state index in [1.807, 2.05) is 67.6 Å². The highest BCUT2D eigenvalue weighted by Gasteiger charge is 2.15. The van der Waals surface area contributed by atoms with Crippen LogP contribution in [0.2, 0.25) is 0 Å². The summed E-state index contributed by atoms with van der Waals surface area (Å²) in [6.45, 7) is 2.00. The van der Waals surface area contributed by atoms with Crippen molar-refractivity contribution in [2.45, 2.75) is 6.92 Å². The van der Waals surface area contributed by atoms with E-state index < -0.39 is 0 Å². The maximum Gasteiger partial charge on any atom is 0.256 e. The minimum atomic E-state index is -0.225. The number of methoxy groups -OCH3 is 1. The predicted molar refractivity (Wildman–Crippen MR) is 114 cm³/mol. The molecule has 0 aliphatic carbocycles. The molecule has 0 saturated carbocycles. The van der Waals surface area contributed by atoms with E-state index in [-0.39, 0.29) is 5.91 Å². The number of hydrogen-bond acceptors (Lipinski definition) is 4. The quantitative estimate of drug-likeness (QED) is 0.487. The lowest BCUT2D eigenvalue weighted by molar-refractivity contribution is 0.102. The molecule has 0 radical (unpaired) electrons. The van der Waals surface area contributed by atoms with Crippen molar-refractivity contribution in [2.24, 2.45) is 0 Å². The van der Waals surface area contributed by atoms with Gasteiger partial charge in [-0.2, -0.15) is 0 Å². The number of nitrogens with one attached hydrogen (secondary N) is 1. The van der Waals surface area contributed by atoms with Gasteiger partial charge in [0, 0.05) is 17.1 Å². The van der Waals surface area contributed by atoms with Gasteiger partial charge < -0.3 is 14.8 Å². The van der Waals surface area contributed by atoms with E-state index in [1.54, 1.807) is 25.3 Å². The largest absolute Gasteiger partial charge is 0.493 e. The monoisotopic (exact) mass is 384 g/mol. The van der Waals surface area contributed by atoms with Gasteiger partial charge in [0.05, 0.1) is 18.2 Å². The third-order valence-electron chi connectivity index (χ3n) is 4.53. The third-order valence-corrected chi connectivity index (χ3v) is 4.53. The fourth-order valence-electron chi connectivity index (χ4n) is 3.04. The Morgan fingerprint density at radius 3 is 2.34 bits per heavy atom. The normalized spacial score (nSPS) is 10.6. The Bertz CT molecular complexity index is 1170. The molecule has 0 atom stereocenters. The number of hydrogen-bond donors (Lipinski definition) is 1. The fraction of sp³-hybridized carbons (Fsp3) is 0.0833. The highest BCUT2D eigenvalue weighted by Crippen LogP contribution is 2.32. The second kappa shape index (κ2) is 8.02. The molecule has 1 amide bonds. The van der Waals surface area contributed by atoms with Crippen molar-refractivity contribution in [3.05, 3.63) is 90.0 Å². The van der Waals surface area contributed by atoms with Gasteiger partial charge in [-0.25, -0.2) is 4.98 Å². The SMILES string of the molecule is COc1ccccc1Oc1cc(C(=O)Nc2ccc(C)cc2)c2ccccc2n1. The Hall–Kier alpha value is -3.86. The van der Waals surface area contributed by atoms with Crippen LogP contribution in [0.15, 0.2) is 78.9 Å². The molecular formula is C24H20N2O3. The van der Waals surface area contributed by atoms with E-state index in [0.29, 0.717) is 28.5 Å². The summed E-state index contributed by atoms with van der Waals surface area (Å²) < 4.78 is 11.3. The number of rotatable bonds is 5.